The standard InChI is InChI=1S/C21H24FN3O2/c1-15-6-9-23(10-7-15)20-13-19(18(22)12-21(20)25(26)27)24-11-8-16-4-2-3-5-17(16)14-24/h2-5,12-13,15H,6-11,14H2,1H3. The number of piperidine rings is 1. The molecule has 5 nitrogen and oxygen atoms in total. The zero-order valence-electron chi connectivity index (χ0n) is 15.5. The third kappa shape index (κ3) is 3.48. The van der Waals surface area contributed by atoms with Crippen molar-refractivity contribution in [1.29, 1.82) is 0 Å². The number of fused-ring (bicyclic) bond motifs is 1. The number of anilines is 2. The van der Waals surface area contributed by atoms with Crippen LogP contribution in [0, 0.1) is 21.8 Å². The molecule has 0 amide bonds. The van der Waals surface area contributed by atoms with Gasteiger partial charge in [0.15, 0.2) is 5.82 Å². The van der Waals surface area contributed by atoms with Crippen LogP contribution in [0.4, 0.5) is 21.5 Å². The first-order valence-electron chi connectivity index (χ1n) is 9.57. The van der Waals surface area contributed by atoms with Crippen molar-refractivity contribution in [3.63, 3.8) is 0 Å². The van der Waals surface area contributed by atoms with Gasteiger partial charge in [-0.1, -0.05) is 31.2 Å². The molecule has 27 heavy (non-hydrogen) atoms. The Kier molecular flexibility index (Phi) is 4.72. The summed E-state index contributed by atoms with van der Waals surface area (Å²) in [5.41, 5.74) is 3.35. The van der Waals surface area contributed by atoms with Crippen LogP contribution in [0.15, 0.2) is 36.4 Å². The van der Waals surface area contributed by atoms with E-state index in [-0.39, 0.29) is 5.69 Å². The fourth-order valence-corrected chi connectivity index (χ4v) is 4.13. The first-order chi connectivity index (χ1) is 13.0. The smallest absolute Gasteiger partial charge is 0.295 e. The van der Waals surface area contributed by atoms with Gasteiger partial charge >= 0.3 is 0 Å². The molecule has 2 aromatic carbocycles. The van der Waals surface area contributed by atoms with Crippen LogP contribution >= 0.6 is 0 Å². The zero-order valence-corrected chi connectivity index (χ0v) is 15.5. The summed E-state index contributed by atoms with van der Waals surface area (Å²) >= 11 is 0. The molecule has 1 saturated heterocycles. The third-order valence-electron chi connectivity index (χ3n) is 5.84. The van der Waals surface area contributed by atoms with Gasteiger partial charge in [0.1, 0.15) is 5.69 Å². The summed E-state index contributed by atoms with van der Waals surface area (Å²) < 4.78 is 14.8. The molecule has 0 bridgehead atoms. The minimum Gasteiger partial charge on any atom is -0.366 e. The molecular formula is C21H24FN3O2. The Morgan fingerprint density at radius 1 is 1.04 bits per heavy atom. The van der Waals surface area contributed by atoms with Gasteiger partial charge in [0.25, 0.3) is 5.69 Å². The monoisotopic (exact) mass is 369 g/mol. The highest BCUT2D eigenvalue weighted by Crippen LogP contribution is 2.38. The van der Waals surface area contributed by atoms with Gasteiger partial charge in [-0.05, 0) is 42.4 Å². The summed E-state index contributed by atoms with van der Waals surface area (Å²) in [6.07, 6.45) is 2.85. The Morgan fingerprint density at radius 2 is 1.74 bits per heavy atom. The minimum atomic E-state index is -0.518. The van der Waals surface area contributed by atoms with Crippen LogP contribution in [0.1, 0.15) is 30.9 Å². The quantitative estimate of drug-likeness (QED) is 0.589. The Hall–Kier alpha value is -2.63. The maximum Gasteiger partial charge on any atom is 0.295 e. The van der Waals surface area contributed by atoms with Crippen molar-refractivity contribution in [3.05, 3.63) is 63.5 Å². The van der Waals surface area contributed by atoms with Crippen molar-refractivity contribution >= 4 is 17.1 Å². The van der Waals surface area contributed by atoms with Crippen molar-refractivity contribution in [3.8, 4) is 0 Å². The van der Waals surface area contributed by atoms with E-state index in [1.54, 1.807) is 6.07 Å². The molecule has 0 radical (unpaired) electrons. The number of halogens is 1. The van der Waals surface area contributed by atoms with Gasteiger partial charge in [0, 0.05) is 26.2 Å². The lowest BCUT2D eigenvalue weighted by Crippen LogP contribution is -2.34. The number of hydrogen-bond acceptors (Lipinski definition) is 4. The van der Waals surface area contributed by atoms with Crippen molar-refractivity contribution in [1.82, 2.24) is 0 Å². The highest BCUT2D eigenvalue weighted by Gasteiger charge is 2.28. The number of nitro groups is 1. The summed E-state index contributed by atoms with van der Waals surface area (Å²) in [5, 5.41) is 11.5. The number of hydrogen-bond donors (Lipinski definition) is 0. The molecule has 0 atom stereocenters. The molecule has 0 unspecified atom stereocenters. The average Bonchev–Trinajstić information content (AvgIpc) is 2.68. The van der Waals surface area contributed by atoms with Gasteiger partial charge in [-0.2, -0.15) is 0 Å². The summed E-state index contributed by atoms with van der Waals surface area (Å²) in [7, 11) is 0. The molecule has 0 N–H and O–H groups in total. The fraction of sp³-hybridized carbons (Fsp3) is 0.429. The van der Waals surface area contributed by atoms with Crippen LogP contribution in [0.3, 0.4) is 0 Å². The lowest BCUT2D eigenvalue weighted by atomic mass is 9.97. The Bertz CT molecular complexity index is 863. The lowest BCUT2D eigenvalue weighted by Gasteiger charge is -2.34. The average molecular weight is 369 g/mol. The van der Waals surface area contributed by atoms with E-state index >= 15 is 0 Å². The van der Waals surface area contributed by atoms with Crippen LogP contribution in [0.5, 0.6) is 0 Å². The maximum atomic E-state index is 14.8. The molecule has 0 aliphatic carbocycles. The second-order valence-electron chi connectivity index (χ2n) is 7.66. The second kappa shape index (κ2) is 7.18. The van der Waals surface area contributed by atoms with Crippen LogP contribution < -0.4 is 9.80 Å². The van der Waals surface area contributed by atoms with Crippen LogP contribution in [0.2, 0.25) is 0 Å². The maximum absolute atomic E-state index is 14.8. The SMILES string of the molecule is CC1CCN(c2cc(N3CCc4ccccc4C3)c(F)cc2[N+](=O)[O-])CC1. The van der Waals surface area contributed by atoms with Gasteiger partial charge in [-0.15, -0.1) is 0 Å². The fourth-order valence-electron chi connectivity index (χ4n) is 4.13. The highest BCUT2D eigenvalue weighted by atomic mass is 19.1. The van der Waals surface area contributed by atoms with Gasteiger partial charge in [0.2, 0.25) is 0 Å². The van der Waals surface area contributed by atoms with Crippen LogP contribution in [-0.4, -0.2) is 24.6 Å². The Labute approximate surface area is 158 Å². The number of nitro benzene ring substituents is 1. The summed E-state index contributed by atoms with van der Waals surface area (Å²) in [5.74, 6) is 0.106. The molecule has 1 fully saturated rings. The Balaban J connectivity index is 1.69. The van der Waals surface area contributed by atoms with E-state index in [0.717, 1.165) is 38.4 Å². The first kappa shape index (κ1) is 17.8. The molecule has 0 saturated carbocycles. The highest BCUT2D eigenvalue weighted by molar-refractivity contribution is 5.71. The van der Waals surface area contributed by atoms with Crippen molar-refractivity contribution < 1.29 is 9.31 Å². The van der Waals surface area contributed by atoms with E-state index in [1.807, 2.05) is 21.9 Å². The normalized spacial score (nSPS) is 17.7. The third-order valence-corrected chi connectivity index (χ3v) is 5.84. The summed E-state index contributed by atoms with van der Waals surface area (Å²) in [4.78, 5) is 15.1. The van der Waals surface area contributed by atoms with Gasteiger partial charge in [-0.25, -0.2) is 4.39 Å². The van der Waals surface area contributed by atoms with Gasteiger partial charge in [0.05, 0.1) is 16.7 Å². The lowest BCUT2D eigenvalue weighted by molar-refractivity contribution is -0.384. The largest absolute Gasteiger partial charge is 0.366 e. The number of nitrogens with zero attached hydrogens (tertiary/aromatic N) is 3. The molecule has 0 spiro atoms. The molecule has 2 aliphatic rings. The molecule has 2 aromatic rings. The summed E-state index contributed by atoms with van der Waals surface area (Å²) in [6.45, 7) is 5.09. The topological polar surface area (TPSA) is 49.6 Å². The van der Waals surface area contributed by atoms with E-state index < -0.39 is 10.7 Å². The van der Waals surface area contributed by atoms with Gasteiger partial charge < -0.3 is 9.80 Å². The summed E-state index contributed by atoms with van der Waals surface area (Å²) in [6, 6.07) is 11.0. The van der Waals surface area contributed by atoms with E-state index in [1.165, 1.54) is 11.1 Å². The molecule has 142 valence electrons. The minimum absolute atomic E-state index is 0.136. The van der Waals surface area contributed by atoms with Crippen LogP contribution in [-0.2, 0) is 13.0 Å². The Morgan fingerprint density at radius 3 is 2.44 bits per heavy atom. The predicted molar refractivity (Wildman–Crippen MR) is 105 cm³/mol. The molecule has 2 heterocycles. The second-order valence-corrected chi connectivity index (χ2v) is 7.66. The van der Waals surface area contributed by atoms with Crippen molar-refractivity contribution in [2.75, 3.05) is 29.4 Å². The molecule has 0 aromatic heterocycles. The zero-order chi connectivity index (χ0) is 19.0. The van der Waals surface area contributed by atoms with Crippen molar-refractivity contribution in [2.45, 2.75) is 32.7 Å². The predicted octanol–water partition coefficient (Wildman–Crippen LogP) is 4.53. The number of benzene rings is 2. The van der Waals surface area contributed by atoms with Gasteiger partial charge in [-0.3, -0.25) is 10.1 Å². The van der Waals surface area contributed by atoms with Crippen molar-refractivity contribution in [2.24, 2.45) is 5.92 Å². The van der Waals surface area contributed by atoms with E-state index in [4.69, 9.17) is 0 Å². The van der Waals surface area contributed by atoms with Crippen LogP contribution in [0.25, 0.3) is 0 Å². The van der Waals surface area contributed by atoms with E-state index in [2.05, 4.69) is 19.1 Å². The number of rotatable bonds is 3. The molecule has 6 heteroatoms. The molecular weight excluding hydrogens is 345 g/mol. The molecule has 2 aliphatic heterocycles. The first-order valence-corrected chi connectivity index (χ1v) is 9.57. The van der Waals surface area contributed by atoms with E-state index in [0.29, 0.717) is 30.4 Å². The molecule has 4 rings (SSSR count). The van der Waals surface area contributed by atoms with E-state index in [9.17, 15) is 14.5 Å².